The Bertz CT molecular complexity index is 83.9. The number of aliphatic hydroxyl groups excluding tert-OH is 1. The standard InChI is InChI=1S/C5H8O/c1-2-4-3-5(4)6/h3,5-6H,2H2,1H3. The van der Waals surface area contributed by atoms with E-state index in [-0.39, 0.29) is 6.10 Å². The largest absolute Gasteiger partial charge is 0.385 e. The van der Waals surface area contributed by atoms with Crippen LogP contribution in [0, 0.1) is 0 Å². The highest BCUT2D eigenvalue weighted by Gasteiger charge is 2.17. The Balaban J connectivity index is 2.23. The maximum atomic E-state index is 8.53. The molecule has 0 radical (unpaired) electrons. The Kier molecular flexibility index (Phi) is 0.701. The molecule has 0 bridgehead atoms. The zero-order chi connectivity index (χ0) is 4.57. The average Bonchev–Trinajstić information content (AvgIpc) is 2.19. The molecule has 0 spiro atoms. The second-order valence-corrected chi connectivity index (χ2v) is 1.54. The minimum absolute atomic E-state index is 0.144. The van der Waals surface area contributed by atoms with E-state index in [0.29, 0.717) is 0 Å². The molecule has 1 unspecified atom stereocenters. The maximum Gasteiger partial charge on any atom is 0.0936 e. The van der Waals surface area contributed by atoms with Crippen molar-refractivity contribution in [3.05, 3.63) is 11.6 Å². The topological polar surface area (TPSA) is 20.2 Å². The molecule has 0 saturated carbocycles. The molecule has 34 valence electrons. The van der Waals surface area contributed by atoms with Gasteiger partial charge in [0.2, 0.25) is 0 Å². The lowest BCUT2D eigenvalue weighted by molar-refractivity contribution is 0.293. The van der Waals surface area contributed by atoms with E-state index in [2.05, 4.69) is 0 Å². The Hall–Kier alpha value is -0.300. The third-order valence-corrected chi connectivity index (χ3v) is 1.05. The van der Waals surface area contributed by atoms with Crippen molar-refractivity contribution >= 4 is 0 Å². The van der Waals surface area contributed by atoms with Crippen LogP contribution in [0.4, 0.5) is 0 Å². The molecule has 0 fully saturated rings. The Morgan fingerprint density at radius 2 is 2.50 bits per heavy atom. The van der Waals surface area contributed by atoms with E-state index in [9.17, 15) is 0 Å². The van der Waals surface area contributed by atoms with Gasteiger partial charge in [-0.15, -0.1) is 0 Å². The maximum absolute atomic E-state index is 8.53. The van der Waals surface area contributed by atoms with Crippen molar-refractivity contribution in [2.24, 2.45) is 0 Å². The van der Waals surface area contributed by atoms with Crippen molar-refractivity contribution in [2.45, 2.75) is 19.4 Å². The summed E-state index contributed by atoms with van der Waals surface area (Å²) in [6.07, 6.45) is 2.73. The Morgan fingerprint density at radius 1 is 2.00 bits per heavy atom. The van der Waals surface area contributed by atoms with Crippen molar-refractivity contribution in [3.63, 3.8) is 0 Å². The van der Waals surface area contributed by atoms with E-state index in [1.54, 1.807) is 0 Å². The minimum Gasteiger partial charge on any atom is -0.385 e. The first-order valence-electron chi connectivity index (χ1n) is 2.23. The van der Waals surface area contributed by atoms with Crippen LogP contribution in [0.15, 0.2) is 11.6 Å². The smallest absolute Gasteiger partial charge is 0.0936 e. The lowest BCUT2D eigenvalue weighted by Gasteiger charge is -1.78. The Morgan fingerprint density at radius 3 is 2.50 bits per heavy atom. The highest BCUT2D eigenvalue weighted by atomic mass is 16.3. The van der Waals surface area contributed by atoms with Crippen LogP contribution < -0.4 is 0 Å². The fourth-order valence-electron chi connectivity index (χ4n) is 0.482. The summed E-state index contributed by atoms with van der Waals surface area (Å²) in [6.45, 7) is 2.04. The number of aliphatic hydroxyl groups is 1. The highest BCUT2D eigenvalue weighted by Crippen LogP contribution is 2.21. The third-order valence-electron chi connectivity index (χ3n) is 1.05. The molecule has 0 saturated heterocycles. The van der Waals surface area contributed by atoms with Gasteiger partial charge in [-0.1, -0.05) is 6.92 Å². The van der Waals surface area contributed by atoms with E-state index in [1.165, 1.54) is 5.57 Å². The fraction of sp³-hybridized carbons (Fsp3) is 0.600. The summed E-state index contributed by atoms with van der Waals surface area (Å²) >= 11 is 0. The van der Waals surface area contributed by atoms with E-state index in [1.807, 2.05) is 13.0 Å². The van der Waals surface area contributed by atoms with E-state index in [4.69, 9.17) is 5.11 Å². The van der Waals surface area contributed by atoms with Gasteiger partial charge >= 0.3 is 0 Å². The van der Waals surface area contributed by atoms with Gasteiger partial charge in [0.05, 0.1) is 6.10 Å². The van der Waals surface area contributed by atoms with E-state index in [0.717, 1.165) is 6.42 Å². The summed E-state index contributed by atoms with van der Waals surface area (Å²) in [6, 6.07) is 0. The van der Waals surface area contributed by atoms with Crippen LogP contribution >= 0.6 is 0 Å². The van der Waals surface area contributed by atoms with Crippen LogP contribution in [0.1, 0.15) is 13.3 Å². The summed E-state index contributed by atoms with van der Waals surface area (Å²) in [5.41, 5.74) is 1.19. The molecule has 1 N–H and O–H groups in total. The monoisotopic (exact) mass is 84.1 g/mol. The molecule has 1 atom stereocenters. The van der Waals surface area contributed by atoms with Gasteiger partial charge in [-0.2, -0.15) is 0 Å². The summed E-state index contributed by atoms with van der Waals surface area (Å²) < 4.78 is 0. The fourth-order valence-corrected chi connectivity index (χ4v) is 0.482. The first-order valence-corrected chi connectivity index (χ1v) is 2.23. The lowest BCUT2D eigenvalue weighted by Crippen LogP contribution is -1.79. The molecule has 1 rings (SSSR count). The van der Waals surface area contributed by atoms with Crippen LogP contribution in [0.2, 0.25) is 0 Å². The molecule has 0 aromatic carbocycles. The van der Waals surface area contributed by atoms with Crippen LogP contribution in [-0.4, -0.2) is 11.2 Å². The molecular formula is C5H8O. The van der Waals surface area contributed by atoms with Gasteiger partial charge in [-0.3, -0.25) is 0 Å². The third kappa shape index (κ3) is 0.455. The number of hydrogen-bond acceptors (Lipinski definition) is 1. The molecule has 1 aliphatic carbocycles. The molecule has 1 heteroatoms. The zero-order valence-corrected chi connectivity index (χ0v) is 3.81. The molecular weight excluding hydrogens is 76.1 g/mol. The van der Waals surface area contributed by atoms with Gasteiger partial charge in [0.15, 0.2) is 0 Å². The van der Waals surface area contributed by atoms with Crippen molar-refractivity contribution in [1.29, 1.82) is 0 Å². The SMILES string of the molecule is CCC1=CC1O. The van der Waals surface area contributed by atoms with Crippen LogP contribution in [0.25, 0.3) is 0 Å². The Labute approximate surface area is 37.3 Å². The van der Waals surface area contributed by atoms with Crippen LogP contribution in [0.3, 0.4) is 0 Å². The average molecular weight is 84.1 g/mol. The molecule has 0 heterocycles. The molecule has 0 aromatic rings. The zero-order valence-electron chi connectivity index (χ0n) is 3.81. The van der Waals surface area contributed by atoms with Crippen molar-refractivity contribution < 1.29 is 5.11 Å². The van der Waals surface area contributed by atoms with Gasteiger partial charge in [-0.05, 0) is 18.1 Å². The predicted molar refractivity (Wildman–Crippen MR) is 24.4 cm³/mol. The minimum atomic E-state index is -0.144. The predicted octanol–water partition coefficient (Wildman–Crippen LogP) is 0.697. The van der Waals surface area contributed by atoms with Crippen LogP contribution in [-0.2, 0) is 0 Å². The summed E-state index contributed by atoms with van der Waals surface area (Å²) in [4.78, 5) is 0. The van der Waals surface area contributed by atoms with E-state index >= 15 is 0 Å². The lowest BCUT2D eigenvalue weighted by atomic mass is 10.4. The van der Waals surface area contributed by atoms with Gasteiger partial charge in [0.25, 0.3) is 0 Å². The molecule has 0 aromatic heterocycles. The van der Waals surface area contributed by atoms with Gasteiger partial charge in [0.1, 0.15) is 0 Å². The summed E-state index contributed by atoms with van der Waals surface area (Å²) in [7, 11) is 0. The highest BCUT2D eigenvalue weighted by molar-refractivity contribution is 5.30. The molecule has 1 aliphatic rings. The molecule has 0 amide bonds. The van der Waals surface area contributed by atoms with Crippen molar-refractivity contribution in [2.75, 3.05) is 0 Å². The summed E-state index contributed by atoms with van der Waals surface area (Å²) in [5, 5.41) is 8.53. The molecule has 1 nitrogen and oxygen atoms in total. The second kappa shape index (κ2) is 1.09. The van der Waals surface area contributed by atoms with Crippen molar-refractivity contribution in [1.82, 2.24) is 0 Å². The molecule has 6 heavy (non-hydrogen) atoms. The first-order chi connectivity index (χ1) is 2.84. The molecule has 0 aliphatic heterocycles. The van der Waals surface area contributed by atoms with Gasteiger partial charge in [-0.25, -0.2) is 0 Å². The van der Waals surface area contributed by atoms with Gasteiger partial charge in [0, 0.05) is 0 Å². The van der Waals surface area contributed by atoms with Crippen molar-refractivity contribution in [3.8, 4) is 0 Å². The van der Waals surface area contributed by atoms with Gasteiger partial charge < -0.3 is 5.11 Å². The van der Waals surface area contributed by atoms with Crippen LogP contribution in [0.5, 0.6) is 0 Å². The first kappa shape index (κ1) is 3.88. The normalized spacial score (nSPS) is 29.7. The summed E-state index contributed by atoms with van der Waals surface area (Å²) in [5.74, 6) is 0. The number of rotatable bonds is 1. The number of hydrogen-bond donors (Lipinski definition) is 1. The van der Waals surface area contributed by atoms with E-state index < -0.39 is 0 Å². The quantitative estimate of drug-likeness (QED) is 0.463. The second-order valence-electron chi connectivity index (χ2n) is 1.54.